The minimum absolute atomic E-state index is 0.134. The van der Waals surface area contributed by atoms with E-state index in [1.807, 2.05) is 6.26 Å². The molecule has 0 saturated heterocycles. The third kappa shape index (κ3) is 4.77. The highest BCUT2D eigenvalue weighted by Gasteiger charge is 2.43. The molecule has 1 aliphatic rings. The molecule has 0 bridgehead atoms. The van der Waals surface area contributed by atoms with Crippen LogP contribution >= 0.6 is 11.8 Å². The molecule has 0 radical (unpaired) electrons. The van der Waals surface area contributed by atoms with E-state index < -0.39 is 42.2 Å². The van der Waals surface area contributed by atoms with Crippen LogP contribution in [0.4, 0.5) is 0 Å². The predicted octanol–water partition coefficient (Wildman–Crippen LogP) is 2.95. The van der Waals surface area contributed by atoms with Crippen molar-refractivity contribution in [3.05, 3.63) is 57.9 Å². The molecule has 0 fully saturated rings. The zero-order valence-corrected chi connectivity index (χ0v) is 20.2. The largest absolute Gasteiger partial charge is 0.462 e. The molecule has 0 aliphatic carbocycles. The monoisotopic (exact) mass is 486 g/mol. The maximum atomic E-state index is 13.0. The average molecular weight is 487 g/mol. The number of H-pyrrole nitrogens is 1. The first-order valence-corrected chi connectivity index (χ1v) is 12.1. The molecule has 1 atom stereocenters. The van der Waals surface area contributed by atoms with Crippen LogP contribution in [0.3, 0.4) is 0 Å². The van der Waals surface area contributed by atoms with Crippen molar-refractivity contribution >= 4 is 41.3 Å². The van der Waals surface area contributed by atoms with Crippen molar-refractivity contribution in [2.45, 2.75) is 33.2 Å². The normalized spacial score (nSPS) is 13.6. The lowest BCUT2D eigenvalue weighted by atomic mass is 10.1. The number of nitrogens with zero attached hydrogens (tertiary/aromatic N) is 1. The Morgan fingerprint density at radius 1 is 1.06 bits per heavy atom. The van der Waals surface area contributed by atoms with Gasteiger partial charge in [-0.2, -0.15) is 11.8 Å². The fraction of sp³-hybridized carbons (Fsp3) is 0.375. The van der Waals surface area contributed by atoms with Gasteiger partial charge in [0.15, 0.2) is 6.61 Å². The number of thioether (sulfide) groups is 1. The van der Waals surface area contributed by atoms with Crippen molar-refractivity contribution in [1.82, 2.24) is 9.88 Å². The van der Waals surface area contributed by atoms with E-state index >= 15 is 0 Å². The van der Waals surface area contributed by atoms with E-state index in [0.717, 1.165) is 4.90 Å². The molecule has 2 amide bonds. The maximum Gasteiger partial charge on any atom is 0.340 e. The van der Waals surface area contributed by atoms with Gasteiger partial charge in [-0.1, -0.05) is 12.1 Å². The van der Waals surface area contributed by atoms with Crippen LogP contribution in [0.15, 0.2) is 24.3 Å². The number of esters is 2. The topological polar surface area (TPSA) is 123 Å². The molecular formula is C24H26N2O7S. The Balaban J connectivity index is 1.76. The van der Waals surface area contributed by atoms with Crippen LogP contribution in [0.2, 0.25) is 0 Å². The molecule has 1 N–H and O–H groups in total. The lowest BCUT2D eigenvalue weighted by Gasteiger charge is -2.24. The highest BCUT2D eigenvalue weighted by molar-refractivity contribution is 7.98. The molecule has 0 saturated carbocycles. The fourth-order valence-corrected chi connectivity index (χ4v) is 4.38. The van der Waals surface area contributed by atoms with Gasteiger partial charge in [-0.05, 0) is 56.9 Å². The quantitative estimate of drug-likeness (QED) is 0.309. The predicted molar refractivity (Wildman–Crippen MR) is 125 cm³/mol. The molecule has 1 aliphatic heterocycles. The summed E-state index contributed by atoms with van der Waals surface area (Å²) in [4.78, 5) is 67.4. The molecule has 10 heteroatoms. The second-order valence-corrected chi connectivity index (χ2v) is 8.69. The standard InChI is InChI=1S/C24H26N2O7S/c1-5-32-24(31)19-13(2)20(25-14(19)3)18(27)12-33-23(30)17(10-11-34-4)26-21(28)15-8-6-7-9-16(15)22(26)29/h6-9,17,25H,5,10-12H2,1-4H3. The number of rotatable bonds is 10. The number of hydrogen-bond acceptors (Lipinski definition) is 8. The zero-order chi connectivity index (χ0) is 25.0. The van der Waals surface area contributed by atoms with Gasteiger partial charge in [-0.3, -0.25) is 19.3 Å². The van der Waals surface area contributed by atoms with E-state index in [9.17, 15) is 24.0 Å². The number of ether oxygens (including phenoxy) is 2. The first kappa shape index (κ1) is 25.2. The first-order chi connectivity index (χ1) is 16.2. The van der Waals surface area contributed by atoms with Crippen LogP contribution in [-0.4, -0.2) is 70.7 Å². The number of ketones is 1. The van der Waals surface area contributed by atoms with Crippen molar-refractivity contribution < 1.29 is 33.4 Å². The van der Waals surface area contributed by atoms with Crippen LogP contribution in [0.5, 0.6) is 0 Å². The third-order valence-corrected chi connectivity index (χ3v) is 6.19. The Bertz CT molecular complexity index is 1120. The molecule has 0 spiro atoms. The number of hydrogen-bond donors (Lipinski definition) is 1. The number of aromatic amines is 1. The van der Waals surface area contributed by atoms with Crippen molar-refractivity contribution in [2.24, 2.45) is 0 Å². The van der Waals surface area contributed by atoms with Gasteiger partial charge in [0.2, 0.25) is 5.78 Å². The maximum absolute atomic E-state index is 13.0. The number of Topliss-reactive ketones (excluding diaryl/α,β-unsaturated/α-hetero) is 1. The molecular weight excluding hydrogens is 460 g/mol. The molecule has 1 unspecified atom stereocenters. The first-order valence-electron chi connectivity index (χ1n) is 10.7. The van der Waals surface area contributed by atoms with Gasteiger partial charge < -0.3 is 14.5 Å². The lowest BCUT2D eigenvalue weighted by molar-refractivity contribution is -0.147. The average Bonchev–Trinajstić information content (AvgIpc) is 3.25. The number of benzene rings is 1. The summed E-state index contributed by atoms with van der Waals surface area (Å²) in [7, 11) is 0. The number of aromatic nitrogens is 1. The van der Waals surface area contributed by atoms with Gasteiger partial charge in [-0.15, -0.1) is 0 Å². The van der Waals surface area contributed by atoms with Crippen molar-refractivity contribution in [2.75, 3.05) is 25.2 Å². The van der Waals surface area contributed by atoms with Gasteiger partial charge in [0.05, 0.1) is 29.0 Å². The van der Waals surface area contributed by atoms with Gasteiger partial charge in [0, 0.05) is 5.69 Å². The summed E-state index contributed by atoms with van der Waals surface area (Å²) in [5.74, 6) is -2.57. The molecule has 1 aromatic carbocycles. The Kier molecular flexibility index (Phi) is 7.93. The van der Waals surface area contributed by atoms with Gasteiger partial charge in [-0.25, -0.2) is 9.59 Å². The van der Waals surface area contributed by atoms with Gasteiger partial charge in [0.25, 0.3) is 11.8 Å². The van der Waals surface area contributed by atoms with Crippen LogP contribution in [0, 0.1) is 13.8 Å². The summed E-state index contributed by atoms with van der Waals surface area (Å²) in [6.07, 6.45) is 2.03. The number of aryl methyl sites for hydroxylation is 1. The summed E-state index contributed by atoms with van der Waals surface area (Å²) in [5.41, 5.74) is 1.73. The van der Waals surface area contributed by atoms with Crippen molar-refractivity contribution in [3.63, 3.8) is 0 Å². The summed E-state index contributed by atoms with van der Waals surface area (Å²) < 4.78 is 10.3. The summed E-state index contributed by atoms with van der Waals surface area (Å²) in [5, 5.41) is 0. The Morgan fingerprint density at radius 2 is 1.68 bits per heavy atom. The fourth-order valence-electron chi connectivity index (χ4n) is 3.92. The minimum atomic E-state index is -1.16. The van der Waals surface area contributed by atoms with Gasteiger partial charge >= 0.3 is 11.9 Å². The highest BCUT2D eigenvalue weighted by Crippen LogP contribution is 2.27. The summed E-state index contributed by atoms with van der Waals surface area (Å²) >= 11 is 1.45. The van der Waals surface area contributed by atoms with Gasteiger partial charge in [0.1, 0.15) is 6.04 Å². The lowest BCUT2D eigenvalue weighted by Crippen LogP contribution is -2.46. The van der Waals surface area contributed by atoms with E-state index in [4.69, 9.17) is 9.47 Å². The van der Waals surface area contributed by atoms with E-state index in [1.165, 1.54) is 23.9 Å². The highest BCUT2D eigenvalue weighted by atomic mass is 32.2. The second kappa shape index (κ2) is 10.7. The SMILES string of the molecule is CCOC(=O)c1c(C)[nH]c(C(=O)COC(=O)C(CCSC)N2C(=O)c3ccccc3C2=O)c1C. The molecule has 9 nitrogen and oxygen atoms in total. The Hall–Kier alpha value is -3.40. The molecule has 2 heterocycles. The Morgan fingerprint density at radius 3 is 2.24 bits per heavy atom. The summed E-state index contributed by atoms with van der Waals surface area (Å²) in [6, 6.07) is 5.20. The Labute approximate surface area is 201 Å². The van der Waals surface area contributed by atoms with E-state index in [-0.39, 0.29) is 35.4 Å². The van der Waals surface area contributed by atoms with Crippen molar-refractivity contribution in [3.8, 4) is 0 Å². The minimum Gasteiger partial charge on any atom is -0.462 e. The molecule has 2 aromatic rings. The van der Waals surface area contributed by atoms with E-state index in [2.05, 4.69) is 4.98 Å². The molecule has 34 heavy (non-hydrogen) atoms. The van der Waals surface area contributed by atoms with Crippen molar-refractivity contribution in [1.29, 1.82) is 0 Å². The van der Waals surface area contributed by atoms with E-state index in [0.29, 0.717) is 17.0 Å². The number of carbonyl (C=O) groups is 5. The number of carbonyl (C=O) groups excluding carboxylic acids is 5. The number of fused-ring (bicyclic) bond motifs is 1. The number of nitrogens with one attached hydrogen (secondary N) is 1. The van der Waals surface area contributed by atoms with Crippen LogP contribution in [0.25, 0.3) is 0 Å². The smallest absolute Gasteiger partial charge is 0.340 e. The number of amides is 2. The van der Waals surface area contributed by atoms with Crippen LogP contribution < -0.4 is 0 Å². The zero-order valence-electron chi connectivity index (χ0n) is 19.4. The molecule has 180 valence electrons. The van der Waals surface area contributed by atoms with E-state index in [1.54, 1.807) is 32.9 Å². The van der Waals surface area contributed by atoms with Crippen LogP contribution in [-0.2, 0) is 14.3 Å². The third-order valence-electron chi connectivity index (χ3n) is 5.55. The molecule has 1 aromatic heterocycles. The second-order valence-electron chi connectivity index (χ2n) is 7.70. The van der Waals surface area contributed by atoms with Crippen LogP contribution in [0.1, 0.15) is 66.2 Å². The number of imide groups is 1. The molecule has 3 rings (SSSR count). The summed E-state index contributed by atoms with van der Waals surface area (Å²) in [6.45, 7) is 4.51.